The van der Waals surface area contributed by atoms with Crippen LogP contribution in [0.4, 0.5) is 16.2 Å². The highest BCUT2D eigenvalue weighted by atomic mass is 32.1. The van der Waals surface area contributed by atoms with Gasteiger partial charge in [-0.25, -0.2) is 4.79 Å². The number of carbonyl (C=O) groups excluding carboxylic acids is 2. The van der Waals surface area contributed by atoms with Crippen LogP contribution in [0, 0.1) is 0 Å². The van der Waals surface area contributed by atoms with E-state index in [2.05, 4.69) is 16.0 Å². The number of amides is 3. The van der Waals surface area contributed by atoms with Gasteiger partial charge in [0.1, 0.15) is 5.75 Å². The molecule has 0 fully saturated rings. The number of nitrogens with one attached hydrogen (secondary N) is 3. The summed E-state index contributed by atoms with van der Waals surface area (Å²) < 4.78 is 0. The van der Waals surface area contributed by atoms with Crippen molar-refractivity contribution < 1.29 is 14.7 Å². The lowest BCUT2D eigenvalue weighted by Crippen LogP contribution is -2.36. The molecule has 0 spiro atoms. The van der Waals surface area contributed by atoms with Crippen LogP contribution >= 0.6 is 11.3 Å². The SMILES string of the molecule is CC(CCc1ccc(O)cc1)NC(=O)Nc1cccc(NC(=O)c2cccs2)c1. The molecule has 3 aromatic rings. The molecule has 1 aromatic heterocycles. The van der Waals surface area contributed by atoms with E-state index >= 15 is 0 Å². The fourth-order valence-corrected chi connectivity index (χ4v) is 3.40. The average Bonchev–Trinajstić information content (AvgIpc) is 3.23. The van der Waals surface area contributed by atoms with Crippen molar-refractivity contribution in [3.8, 4) is 5.75 Å². The van der Waals surface area contributed by atoms with Gasteiger partial charge >= 0.3 is 6.03 Å². The van der Waals surface area contributed by atoms with E-state index in [1.807, 2.05) is 30.5 Å². The largest absolute Gasteiger partial charge is 0.508 e. The smallest absolute Gasteiger partial charge is 0.319 e. The van der Waals surface area contributed by atoms with E-state index in [0.29, 0.717) is 16.3 Å². The van der Waals surface area contributed by atoms with Gasteiger partial charge in [-0.2, -0.15) is 0 Å². The third kappa shape index (κ3) is 6.36. The molecule has 0 saturated carbocycles. The molecule has 0 aliphatic rings. The number of rotatable bonds is 7. The number of anilines is 2. The second kappa shape index (κ2) is 9.75. The van der Waals surface area contributed by atoms with Crippen LogP contribution in [0.3, 0.4) is 0 Å². The van der Waals surface area contributed by atoms with Crippen LogP contribution in [0.15, 0.2) is 66.0 Å². The molecule has 1 unspecified atom stereocenters. The molecular formula is C22H23N3O3S. The Morgan fingerprint density at radius 3 is 2.41 bits per heavy atom. The molecule has 150 valence electrons. The van der Waals surface area contributed by atoms with Crippen molar-refractivity contribution in [3.05, 3.63) is 76.5 Å². The predicted octanol–water partition coefficient (Wildman–Crippen LogP) is 4.85. The van der Waals surface area contributed by atoms with Gasteiger partial charge in [0.15, 0.2) is 0 Å². The number of aryl methyl sites for hydroxylation is 1. The minimum absolute atomic E-state index is 0.0227. The minimum Gasteiger partial charge on any atom is -0.508 e. The van der Waals surface area contributed by atoms with Crippen molar-refractivity contribution in [2.24, 2.45) is 0 Å². The van der Waals surface area contributed by atoms with Gasteiger partial charge in [0.25, 0.3) is 5.91 Å². The van der Waals surface area contributed by atoms with Gasteiger partial charge in [-0.3, -0.25) is 4.79 Å². The Kier molecular flexibility index (Phi) is 6.86. The van der Waals surface area contributed by atoms with Crippen LogP contribution in [0.25, 0.3) is 0 Å². The van der Waals surface area contributed by atoms with Crippen LogP contribution in [-0.4, -0.2) is 23.1 Å². The molecule has 2 aromatic carbocycles. The molecule has 7 heteroatoms. The molecule has 4 N–H and O–H groups in total. The fraction of sp³-hybridized carbons (Fsp3) is 0.182. The quantitative estimate of drug-likeness (QED) is 0.450. The zero-order valence-corrected chi connectivity index (χ0v) is 16.8. The Morgan fingerprint density at radius 1 is 1.00 bits per heavy atom. The summed E-state index contributed by atoms with van der Waals surface area (Å²) in [4.78, 5) is 25.0. The van der Waals surface area contributed by atoms with Crippen LogP contribution in [0.1, 0.15) is 28.6 Å². The third-order valence-electron chi connectivity index (χ3n) is 4.30. The van der Waals surface area contributed by atoms with E-state index in [9.17, 15) is 14.7 Å². The first-order valence-electron chi connectivity index (χ1n) is 9.30. The Bertz CT molecular complexity index is 956. The van der Waals surface area contributed by atoms with Crippen molar-refractivity contribution in [2.45, 2.75) is 25.8 Å². The van der Waals surface area contributed by atoms with Crippen molar-refractivity contribution >= 4 is 34.6 Å². The van der Waals surface area contributed by atoms with E-state index in [1.54, 1.807) is 42.5 Å². The lowest BCUT2D eigenvalue weighted by atomic mass is 10.1. The molecule has 3 amide bonds. The lowest BCUT2D eigenvalue weighted by Gasteiger charge is -2.15. The normalized spacial score (nSPS) is 11.5. The van der Waals surface area contributed by atoms with Gasteiger partial charge in [0.05, 0.1) is 4.88 Å². The number of hydrogen-bond donors (Lipinski definition) is 4. The molecular weight excluding hydrogens is 386 g/mol. The summed E-state index contributed by atoms with van der Waals surface area (Å²) >= 11 is 1.37. The number of phenolic OH excluding ortho intramolecular Hbond substituents is 1. The molecule has 29 heavy (non-hydrogen) atoms. The van der Waals surface area contributed by atoms with Gasteiger partial charge in [0.2, 0.25) is 0 Å². The van der Waals surface area contributed by atoms with E-state index in [0.717, 1.165) is 18.4 Å². The number of hydrogen-bond acceptors (Lipinski definition) is 4. The maximum atomic E-state index is 12.3. The second-order valence-corrected chi connectivity index (χ2v) is 7.66. The van der Waals surface area contributed by atoms with Crippen LogP contribution in [-0.2, 0) is 6.42 Å². The molecule has 0 aliphatic heterocycles. The number of aromatic hydroxyl groups is 1. The first kappa shape index (κ1) is 20.4. The molecule has 1 heterocycles. The highest BCUT2D eigenvalue weighted by Gasteiger charge is 2.10. The summed E-state index contributed by atoms with van der Waals surface area (Å²) in [6.07, 6.45) is 1.57. The molecule has 0 aliphatic carbocycles. The van der Waals surface area contributed by atoms with E-state index < -0.39 is 0 Å². The van der Waals surface area contributed by atoms with Crippen LogP contribution in [0.2, 0.25) is 0 Å². The van der Waals surface area contributed by atoms with Crippen LogP contribution in [0.5, 0.6) is 5.75 Å². The number of phenols is 1. The fourth-order valence-electron chi connectivity index (χ4n) is 2.78. The standard InChI is InChI=1S/C22H23N3O3S/c1-15(7-8-16-9-11-19(26)12-10-16)23-22(28)25-18-5-2-4-17(14-18)24-21(27)20-6-3-13-29-20/h2-6,9-15,26H,7-8H2,1H3,(H,24,27)(H2,23,25,28). The minimum atomic E-state index is -0.301. The van der Waals surface area contributed by atoms with Gasteiger partial charge in [0, 0.05) is 17.4 Å². The maximum Gasteiger partial charge on any atom is 0.319 e. The van der Waals surface area contributed by atoms with Crippen LogP contribution < -0.4 is 16.0 Å². The summed E-state index contributed by atoms with van der Waals surface area (Å²) in [5.41, 5.74) is 2.31. The highest BCUT2D eigenvalue weighted by Crippen LogP contribution is 2.18. The average molecular weight is 410 g/mol. The summed E-state index contributed by atoms with van der Waals surface area (Å²) in [6, 6.07) is 17.3. The van der Waals surface area contributed by atoms with E-state index in [-0.39, 0.29) is 23.7 Å². The molecule has 0 saturated heterocycles. The first-order valence-corrected chi connectivity index (χ1v) is 10.2. The first-order chi connectivity index (χ1) is 14.0. The van der Waals surface area contributed by atoms with Gasteiger partial charge in [-0.15, -0.1) is 11.3 Å². The monoisotopic (exact) mass is 409 g/mol. The number of urea groups is 1. The lowest BCUT2D eigenvalue weighted by molar-refractivity contribution is 0.103. The number of carbonyl (C=O) groups is 2. The van der Waals surface area contributed by atoms with Crippen molar-refractivity contribution in [2.75, 3.05) is 10.6 Å². The van der Waals surface area contributed by atoms with Crippen molar-refractivity contribution in [1.82, 2.24) is 5.32 Å². The second-order valence-electron chi connectivity index (χ2n) is 6.72. The summed E-state index contributed by atoms with van der Waals surface area (Å²) in [6.45, 7) is 1.94. The van der Waals surface area contributed by atoms with Crippen molar-refractivity contribution in [3.63, 3.8) is 0 Å². The molecule has 0 radical (unpaired) electrons. The predicted molar refractivity (Wildman–Crippen MR) is 117 cm³/mol. The van der Waals surface area contributed by atoms with E-state index in [4.69, 9.17) is 0 Å². The number of thiophene rings is 1. The Hall–Kier alpha value is -3.32. The maximum absolute atomic E-state index is 12.3. The molecule has 3 rings (SSSR count). The molecule has 0 bridgehead atoms. The summed E-state index contributed by atoms with van der Waals surface area (Å²) in [5.74, 6) is 0.0672. The Labute approximate surface area is 173 Å². The van der Waals surface area contributed by atoms with Crippen molar-refractivity contribution in [1.29, 1.82) is 0 Å². The Balaban J connectivity index is 1.48. The Morgan fingerprint density at radius 2 is 1.72 bits per heavy atom. The zero-order chi connectivity index (χ0) is 20.6. The third-order valence-corrected chi connectivity index (χ3v) is 5.17. The molecule has 1 atom stereocenters. The van der Waals surface area contributed by atoms with Gasteiger partial charge in [-0.1, -0.05) is 24.3 Å². The summed E-state index contributed by atoms with van der Waals surface area (Å²) in [7, 11) is 0. The zero-order valence-electron chi connectivity index (χ0n) is 16.0. The topological polar surface area (TPSA) is 90.5 Å². The molecule has 6 nitrogen and oxygen atoms in total. The van der Waals surface area contributed by atoms with E-state index in [1.165, 1.54) is 11.3 Å². The number of benzene rings is 2. The highest BCUT2D eigenvalue weighted by molar-refractivity contribution is 7.12. The summed E-state index contributed by atoms with van der Waals surface area (Å²) in [5, 5.41) is 19.7. The van der Waals surface area contributed by atoms with Gasteiger partial charge < -0.3 is 21.1 Å². The van der Waals surface area contributed by atoms with Gasteiger partial charge in [-0.05, 0) is 67.1 Å².